The molecule has 0 aromatic heterocycles. The van der Waals surface area contributed by atoms with Crippen molar-refractivity contribution in [3.8, 4) is 0 Å². The Bertz CT molecular complexity index is 505. The fourth-order valence-corrected chi connectivity index (χ4v) is 2.38. The molecule has 0 atom stereocenters. The van der Waals surface area contributed by atoms with Crippen LogP contribution in [-0.4, -0.2) is 23.5 Å². The Morgan fingerprint density at radius 1 is 1.28 bits per heavy atom. The molecular formula is C13H14N2O3. The molecule has 2 fully saturated rings. The van der Waals surface area contributed by atoms with E-state index in [1.807, 2.05) is 24.3 Å². The van der Waals surface area contributed by atoms with Gasteiger partial charge in [0.2, 0.25) is 5.91 Å². The van der Waals surface area contributed by atoms with Crippen molar-refractivity contribution in [3.05, 3.63) is 29.8 Å². The highest BCUT2D eigenvalue weighted by molar-refractivity contribution is 5.85. The van der Waals surface area contributed by atoms with Gasteiger partial charge in [0.1, 0.15) is 0 Å². The molecule has 3 rings (SSSR count). The average Bonchev–Trinajstić information content (AvgIpc) is 3.07. The second-order valence-corrected chi connectivity index (χ2v) is 4.87. The van der Waals surface area contributed by atoms with Gasteiger partial charge < -0.3 is 5.11 Å². The van der Waals surface area contributed by atoms with Crippen LogP contribution < -0.4 is 10.4 Å². The molecule has 2 aliphatic rings. The van der Waals surface area contributed by atoms with Crippen molar-refractivity contribution in [3.63, 3.8) is 0 Å². The van der Waals surface area contributed by atoms with Gasteiger partial charge in [-0.2, -0.15) is 0 Å². The first-order chi connectivity index (χ1) is 8.62. The van der Waals surface area contributed by atoms with Gasteiger partial charge >= 0.3 is 5.97 Å². The first kappa shape index (κ1) is 11.1. The van der Waals surface area contributed by atoms with Crippen LogP contribution in [0, 0.1) is 0 Å². The van der Waals surface area contributed by atoms with E-state index < -0.39 is 11.4 Å². The number of carbonyl (C=O) groups excluding carboxylic acids is 1. The second kappa shape index (κ2) is 3.73. The Balaban J connectivity index is 1.82. The molecular weight excluding hydrogens is 232 g/mol. The van der Waals surface area contributed by atoms with Gasteiger partial charge in [-0.1, -0.05) is 12.1 Å². The Morgan fingerprint density at radius 2 is 1.94 bits per heavy atom. The first-order valence-electron chi connectivity index (χ1n) is 6.03. The van der Waals surface area contributed by atoms with Crippen molar-refractivity contribution < 1.29 is 14.7 Å². The zero-order valence-corrected chi connectivity index (χ0v) is 9.85. The van der Waals surface area contributed by atoms with Crippen LogP contribution in [0.2, 0.25) is 0 Å². The molecule has 1 saturated carbocycles. The van der Waals surface area contributed by atoms with Crippen LogP contribution in [0.1, 0.15) is 24.8 Å². The van der Waals surface area contributed by atoms with Crippen LogP contribution in [0.15, 0.2) is 24.3 Å². The molecule has 94 valence electrons. The summed E-state index contributed by atoms with van der Waals surface area (Å²) < 4.78 is 0. The molecule has 1 saturated heterocycles. The van der Waals surface area contributed by atoms with Gasteiger partial charge in [0.15, 0.2) is 0 Å². The van der Waals surface area contributed by atoms with Gasteiger partial charge in [0, 0.05) is 13.0 Å². The monoisotopic (exact) mass is 246 g/mol. The molecule has 0 radical (unpaired) electrons. The zero-order chi connectivity index (χ0) is 12.8. The maximum atomic E-state index is 11.2. The third-order valence-corrected chi connectivity index (χ3v) is 3.71. The lowest BCUT2D eigenvalue weighted by molar-refractivity contribution is -0.140. The van der Waals surface area contributed by atoms with Gasteiger partial charge in [0.25, 0.3) is 0 Å². The van der Waals surface area contributed by atoms with Gasteiger partial charge in [-0.3, -0.25) is 20.0 Å². The van der Waals surface area contributed by atoms with Crippen LogP contribution in [0.25, 0.3) is 0 Å². The number of hydrogen-bond acceptors (Lipinski definition) is 3. The number of hydrogen-bond donors (Lipinski definition) is 2. The number of aliphatic carboxylic acids is 1. The minimum atomic E-state index is -0.746. The Labute approximate surface area is 104 Å². The number of hydrazine groups is 1. The summed E-state index contributed by atoms with van der Waals surface area (Å²) in [5, 5.41) is 11.0. The van der Waals surface area contributed by atoms with Gasteiger partial charge in [0.05, 0.1) is 11.1 Å². The molecule has 0 spiro atoms. The average molecular weight is 246 g/mol. The lowest BCUT2D eigenvalue weighted by Gasteiger charge is -2.18. The third-order valence-electron chi connectivity index (χ3n) is 3.71. The predicted octanol–water partition coefficient (Wildman–Crippen LogP) is 1.04. The summed E-state index contributed by atoms with van der Waals surface area (Å²) in [6.07, 6.45) is 1.92. The molecule has 5 nitrogen and oxygen atoms in total. The summed E-state index contributed by atoms with van der Waals surface area (Å²) in [5.41, 5.74) is 3.83. The number of nitrogens with zero attached hydrogens (tertiary/aromatic N) is 1. The molecule has 1 aliphatic heterocycles. The van der Waals surface area contributed by atoms with Gasteiger partial charge in [-0.15, -0.1) is 0 Å². The highest BCUT2D eigenvalue weighted by Gasteiger charge is 2.51. The number of carboxylic acids is 1. The summed E-state index contributed by atoms with van der Waals surface area (Å²) in [4.78, 5) is 22.3. The van der Waals surface area contributed by atoms with E-state index in [1.165, 1.54) is 0 Å². The molecule has 1 heterocycles. The normalized spacial score (nSPS) is 20.7. The summed E-state index contributed by atoms with van der Waals surface area (Å²) in [5.74, 6) is -0.729. The van der Waals surface area contributed by atoms with Crippen molar-refractivity contribution in [2.45, 2.75) is 24.7 Å². The van der Waals surface area contributed by atoms with Crippen molar-refractivity contribution >= 4 is 17.6 Å². The smallest absolute Gasteiger partial charge is 0.314 e. The third kappa shape index (κ3) is 1.63. The van der Waals surface area contributed by atoms with E-state index >= 15 is 0 Å². The number of carbonyl (C=O) groups is 2. The lowest BCUT2D eigenvalue weighted by Crippen LogP contribution is -2.32. The SMILES string of the molecule is O=C1CCN(c2ccc(C3(C(=O)O)CC3)cc2)N1. The second-order valence-electron chi connectivity index (χ2n) is 4.87. The number of amides is 1. The van der Waals surface area contributed by atoms with E-state index in [0.29, 0.717) is 25.8 Å². The minimum Gasteiger partial charge on any atom is -0.481 e. The Kier molecular flexibility index (Phi) is 2.29. The lowest BCUT2D eigenvalue weighted by atomic mass is 9.96. The van der Waals surface area contributed by atoms with Crippen LogP contribution in [0.4, 0.5) is 5.69 Å². The standard InChI is InChI=1S/C13H14N2O3/c16-11-5-8-15(14-11)10-3-1-9(2-4-10)13(6-7-13)12(17)18/h1-4H,5-8H2,(H,14,16)(H,17,18). The number of benzene rings is 1. The topological polar surface area (TPSA) is 69.6 Å². The highest BCUT2D eigenvalue weighted by atomic mass is 16.4. The molecule has 2 N–H and O–H groups in total. The van der Waals surface area contributed by atoms with Crippen molar-refractivity contribution in [1.29, 1.82) is 0 Å². The van der Waals surface area contributed by atoms with E-state index in [9.17, 15) is 14.7 Å². The zero-order valence-electron chi connectivity index (χ0n) is 9.85. The number of nitrogens with one attached hydrogen (secondary N) is 1. The maximum absolute atomic E-state index is 11.2. The molecule has 0 bridgehead atoms. The Morgan fingerprint density at radius 3 is 2.39 bits per heavy atom. The van der Waals surface area contributed by atoms with Crippen molar-refractivity contribution in [1.82, 2.24) is 5.43 Å². The molecule has 5 heteroatoms. The molecule has 0 unspecified atom stereocenters. The molecule has 1 aromatic rings. The van der Waals surface area contributed by atoms with E-state index in [4.69, 9.17) is 0 Å². The molecule has 18 heavy (non-hydrogen) atoms. The fraction of sp³-hybridized carbons (Fsp3) is 0.385. The van der Waals surface area contributed by atoms with E-state index in [2.05, 4.69) is 5.43 Å². The highest BCUT2D eigenvalue weighted by Crippen LogP contribution is 2.48. The van der Waals surface area contributed by atoms with Crippen LogP contribution >= 0.6 is 0 Å². The number of carboxylic acid groups (broad SMARTS) is 1. The van der Waals surface area contributed by atoms with Crippen LogP contribution in [0.5, 0.6) is 0 Å². The summed E-state index contributed by atoms with van der Waals surface area (Å²) in [6.45, 7) is 0.655. The number of anilines is 1. The van der Waals surface area contributed by atoms with Crippen LogP contribution in [-0.2, 0) is 15.0 Å². The van der Waals surface area contributed by atoms with E-state index in [-0.39, 0.29) is 5.91 Å². The summed E-state index contributed by atoms with van der Waals surface area (Å²) in [6, 6.07) is 7.43. The molecule has 1 aliphatic carbocycles. The predicted molar refractivity (Wildman–Crippen MR) is 65.1 cm³/mol. The van der Waals surface area contributed by atoms with E-state index in [1.54, 1.807) is 5.01 Å². The number of rotatable bonds is 3. The van der Waals surface area contributed by atoms with Crippen LogP contribution in [0.3, 0.4) is 0 Å². The van der Waals surface area contributed by atoms with Gasteiger partial charge in [-0.25, -0.2) is 0 Å². The summed E-state index contributed by atoms with van der Waals surface area (Å²) in [7, 11) is 0. The van der Waals surface area contributed by atoms with E-state index in [0.717, 1.165) is 11.3 Å². The minimum absolute atomic E-state index is 0.0169. The molecule has 1 aromatic carbocycles. The van der Waals surface area contributed by atoms with Crippen molar-refractivity contribution in [2.75, 3.05) is 11.6 Å². The van der Waals surface area contributed by atoms with Gasteiger partial charge in [-0.05, 0) is 30.5 Å². The largest absolute Gasteiger partial charge is 0.481 e. The molecule has 1 amide bonds. The fourth-order valence-electron chi connectivity index (χ4n) is 2.38. The Hall–Kier alpha value is -2.04. The van der Waals surface area contributed by atoms with Crippen molar-refractivity contribution in [2.24, 2.45) is 0 Å². The summed E-state index contributed by atoms with van der Waals surface area (Å²) >= 11 is 0. The maximum Gasteiger partial charge on any atom is 0.314 e. The first-order valence-corrected chi connectivity index (χ1v) is 6.03. The quantitative estimate of drug-likeness (QED) is 0.836.